The van der Waals surface area contributed by atoms with E-state index < -0.39 is 5.60 Å². The predicted molar refractivity (Wildman–Crippen MR) is 140 cm³/mol. The van der Waals surface area contributed by atoms with Gasteiger partial charge < -0.3 is 9.84 Å². The zero-order valence-corrected chi connectivity index (χ0v) is 23.1. The van der Waals surface area contributed by atoms with Crippen LogP contribution in [-0.2, 0) is 9.53 Å². The molecule has 9 atom stereocenters. The fraction of sp³-hybridized carbons (Fsp3) is 0.724. The fourth-order valence-corrected chi connectivity index (χ4v) is 9.96. The maximum Gasteiger partial charge on any atom is 0.339 e. The summed E-state index contributed by atoms with van der Waals surface area (Å²) >= 11 is 2.20. The highest BCUT2D eigenvalue weighted by atomic mass is 127. The molecule has 5 heteroatoms. The van der Waals surface area contributed by atoms with E-state index in [1.54, 1.807) is 13.0 Å². The molecule has 186 valence electrons. The van der Waals surface area contributed by atoms with Gasteiger partial charge in [-0.1, -0.05) is 26.8 Å². The Morgan fingerprint density at radius 2 is 1.82 bits per heavy atom. The average molecular weight is 579 g/mol. The fourth-order valence-electron chi connectivity index (χ4n) is 9.42. The summed E-state index contributed by atoms with van der Waals surface area (Å²) in [6, 6.07) is 7.45. The zero-order valence-electron chi connectivity index (χ0n) is 21.0. The molecule has 0 aliphatic heterocycles. The van der Waals surface area contributed by atoms with Crippen LogP contribution in [0.1, 0.15) is 89.4 Å². The molecule has 1 N–H and O–H groups in total. The normalized spacial score (nSPS) is 45.6. The van der Waals surface area contributed by atoms with Crippen molar-refractivity contribution >= 4 is 34.3 Å². The van der Waals surface area contributed by atoms with Gasteiger partial charge in [-0.05, 0) is 128 Å². The third kappa shape index (κ3) is 3.46. The van der Waals surface area contributed by atoms with Crippen molar-refractivity contribution in [1.29, 1.82) is 0 Å². The Morgan fingerprint density at radius 3 is 2.53 bits per heavy atom. The lowest BCUT2D eigenvalue weighted by molar-refractivity contribution is -0.176. The Bertz CT molecular complexity index is 992. The molecule has 4 nitrogen and oxygen atoms in total. The standard InChI is InChI=1S/C29H39IO4/c1-17-14-25-23-9-8-20-16-22(32)10-12-27(20,3)24(23)11-13-28(25,4)29(17,18(2)31)34-26(33)19-6-5-7-21(30)15-19/h5-7,15,17,20,22-25,32H,8-14,16H2,1-4H3. The zero-order chi connectivity index (χ0) is 24.5. The molecule has 4 aliphatic rings. The van der Waals surface area contributed by atoms with Crippen molar-refractivity contribution in [2.24, 2.45) is 40.4 Å². The van der Waals surface area contributed by atoms with Crippen molar-refractivity contribution in [3.63, 3.8) is 0 Å². The van der Waals surface area contributed by atoms with Gasteiger partial charge in [0.05, 0.1) is 11.7 Å². The number of aliphatic hydroxyl groups excluding tert-OH is 1. The number of fused-ring (bicyclic) bond motifs is 5. The number of esters is 1. The van der Waals surface area contributed by atoms with Crippen molar-refractivity contribution in [1.82, 2.24) is 0 Å². The lowest BCUT2D eigenvalue weighted by Crippen LogP contribution is -2.61. The molecule has 0 radical (unpaired) electrons. The van der Waals surface area contributed by atoms with Gasteiger partial charge in [-0.3, -0.25) is 4.79 Å². The van der Waals surface area contributed by atoms with Gasteiger partial charge in [0.2, 0.25) is 0 Å². The molecule has 4 aliphatic carbocycles. The maximum atomic E-state index is 13.5. The summed E-state index contributed by atoms with van der Waals surface area (Å²) in [4.78, 5) is 26.8. The molecule has 0 aromatic heterocycles. The molecule has 9 unspecified atom stereocenters. The van der Waals surface area contributed by atoms with Gasteiger partial charge in [-0.25, -0.2) is 4.79 Å². The number of carbonyl (C=O) groups is 2. The van der Waals surface area contributed by atoms with Crippen LogP contribution in [0.4, 0.5) is 0 Å². The number of carbonyl (C=O) groups excluding carboxylic acids is 2. The highest BCUT2D eigenvalue weighted by Crippen LogP contribution is 2.70. The molecule has 0 saturated heterocycles. The average Bonchev–Trinajstić information content (AvgIpc) is 3.01. The summed E-state index contributed by atoms with van der Waals surface area (Å²) in [6.45, 7) is 8.50. The van der Waals surface area contributed by atoms with E-state index in [1.165, 1.54) is 12.8 Å². The first-order valence-corrected chi connectivity index (χ1v) is 14.3. The minimum absolute atomic E-state index is 0.00288. The van der Waals surface area contributed by atoms with Crippen LogP contribution in [0.25, 0.3) is 0 Å². The second-order valence-corrected chi connectivity index (χ2v) is 13.6. The third-order valence-electron chi connectivity index (χ3n) is 11.0. The monoisotopic (exact) mass is 578 g/mol. The van der Waals surface area contributed by atoms with Crippen LogP contribution in [0.5, 0.6) is 0 Å². The minimum Gasteiger partial charge on any atom is -0.447 e. The van der Waals surface area contributed by atoms with E-state index in [1.807, 2.05) is 18.2 Å². The van der Waals surface area contributed by atoms with E-state index in [-0.39, 0.29) is 34.6 Å². The van der Waals surface area contributed by atoms with Gasteiger partial charge in [0.25, 0.3) is 0 Å². The lowest BCUT2D eigenvalue weighted by atomic mass is 9.44. The largest absolute Gasteiger partial charge is 0.447 e. The number of hydrogen-bond donors (Lipinski definition) is 1. The lowest BCUT2D eigenvalue weighted by Gasteiger charge is -2.61. The van der Waals surface area contributed by atoms with Crippen LogP contribution in [0.15, 0.2) is 24.3 Å². The van der Waals surface area contributed by atoms with E-state index in [0.717, 1.165) is 42.1 Å². The highest BCUT2D eigenvalue weighted by molar-refractivity contribution is 14.1. The topological polar surface area (TPSA) is 63.6 Å². The van der Waals surface area contributed by atoms with E-state index >= 15 is 0 Å². The highest BCUT2D eigenvalue weighted by Gasteiger charge is 2.70. The molecule has 5 rings (SSSR count). The molecular formula is C29H39IO4. The van der Waals surface area contributed by atoms with Gasteiger partial charge >= 0.3 is 5.97 Å². The van der Waals surface area contributed by atoms with Crippen molar-refractivity contribution in [3.8, 4) is 0 Å². The van der Waals surface area contributed by atoms with Crippen LogP contribution >= 0.6 is 22.6 Å². The van der Waals surface area contributed by atoms with Crippen LogP contribution in [-0.4, -0.2) is 28.6 Å². The van der Waals surface area contributed by atoms with Gasteiger partial charge in [0.15, 0.2) is 11.4 Å². The molecule has 0 amide bonds. The number of ketones is 1. The summed E-state index contributed by atoms with van der Waals surface area (Å²) in [6.07, 6.45) is 8.13. The van der Waals surface area contributed by atoms with Crippen molar-refractivity contribution in [2.45, 2.75) is 90.8 Å². The summed E-state index contributed by atoms with van der Waals surface area (Å²) in [5, 5.41) is 10.3. The molecular weight excluding hydrogens is 539 g/mol. The number of aliphatic hydroxyl groups is 1. The number of rotatable bonds is 3. The molecule has 4 fully saturated rings. The molecule has 1 aromatic carbocycles. The number of benzene rings is 1. The number of Topliss-reactive ketones (excluding diaryl/α,β-unsaturated/α-hetero) is 1. The number of halogens is 1. The van der Waals surface area contributed by atoms with Crippen LogP contribution in [0, 0.1) is 44.0 Å². The molecule has 34 heavy (non-hydrogen) atoms. The van der Waals surface area contributed by atoms with Crippen molar-refractivity contribution in [2.75, 3.05) is 0 Å². The summed E-state index contributed by atoms with van der Waals surface area (Å²) in [7, 11) is 0. The molecule has 1 aromatic rings. The Hall–Kier alpha value is -0.950. The Balaban J connectivity index is 1.48. The Morgan fingerprint density at radius 1 is 1.06 bits per heavy atom. The van der Waals surface area contributed by atoms with Gasteiger partial charge in [0.1, 0.15) is 0 Å². The second-order valence-electron chi connectivity index (χ2n) is 12.4. The number of ether oxygens (including phenoxy) is 1. The van der Waals surface area contributed by atoms with Crippen LogP contribution in [0.2, 0.25) is 0 Å². The Kier molecular flexibility index (Phi) is 6.23. The van der Waals surface area contributed by atoms with E-state index in [4.69, 9.17) is 4.74 Å². The minimum atomic E-state index is -1.07. The maximum absolute atomic E-state index is 13.5. The first-order chi connectivity index (χ1) is 16.0. The van der Waals surface area contributed by atoms with Crippen LogP contribution in [0.3, 0.4) is 0 Å². The third-order valence-corrected chi connectivity index (χ3v) is 11.7. The number of hydrogen-bond acceptors (Lipinski definition) is 4. The molecule has 0 bridgehead atoms. The first-order valence-electron chi connectivity index (χ1n) is 13.2. The van der Waals surface area contributed by atoms with Gasteiger partial charge in [-0.15, -0.1) is 0 Å². The predicted octanol–water partition coefficient (Wildman–Crippen LogP) is 6.43. The Labute approximate surface area is 217 Å². The molecule has 4 saturated carbocycles. The molecule has 0 heterocycles. The van der Waals surface area contributed by atoms with Crippen molar-refractivity contribution < 1.29 is 19.4 Å². The van der Waals surface area contributed by atoms with E-state index in [2.05, 4.69) is 43.4 Å². The quantitative estimate of drug-likeness (QED) is 0.332. The summed E-state index contributed by atoms with van der Waals surface area (Å²) in [5.74, 6) is 1.83. The van der Waals surface area contributed by atoms with Gasteiger partial charge in [-0.2, -0.15) is 0 Å². The summed E-state index contributed by atoms with van der Waals surface area (Å²) in [5.41, 5.74) is -0.601. The SMILES string of the molecule is CC(=O)C1(OC(=O)c2cccc(I)c2)C(C)CC2C3CCC4CC(O)CCC4(C)C3CCC21C. The molecule has 0 spiro atoms. The summed E-state index contributed by atoms with van der Waals surface area (Å²) < 4.78 is 7.37. The van der Waals surface area contributed by atoms with Crippen LogP contribution < -0.4 is 0 Å². The van der Waals surface area contributed by atoms with Gasteiger partial charge in [0, 0.05) is 14.9 Å². The smallest absolute Gasteiger partial charge is 0.339 e. The second kappa shape index (κ2) is 8.57. The van der Waals surface area contributed by atoms with E-state index in [0.29, 0.717) is 29.2 Å². The first kappa shape index (κ1) is 24.7. The van der Waals surface area contributed by atoms with Crippen molar-refractivity contribution in [3.05, 3.63) is 33.4 Å². The van der Waals surface area contributed by atoms with E-state index in [9.17, 15) is 14.7 Å².